The maximum atomic E-state index is 13.1. The summed E-state index contributed by atoms with van der Waals surface area (Å²) in [5, 5.41) is 6.33. The molecule has 0 aromatic heterocycles. The van der Waals surface area contributed by atoms with Crippen LogP contribution in [0.3, 0.4) is 0 Å². The highest BCUT2D eigenvalue weighted by molar-refractivity contribution is 5.98. The van der Waals surface area contributed by atoms with E-state index in [0.29, 0.717) is 35.8 Å². The number of para-hydroxylation sites is 2. The second-order valence-corrected chi connectivity index (χ2v) is 8.84. The minimum atomic E-state index is -0.165. The largest absolute Gasteiger partial charge is 0.493 e. The topological polar surface area (TPSA) is 76.7 Å². The van der Waals surface area contributed by atoms with Gasteiger partial charge in [-0.3, -0.25) is 9.59 Å². The first kappa shape index (κ1) is 25.6. The van der Waals surface area contributed by atoms with Gasteiger partial charge in [-0.15, -0.1) is 0 Å². The molecular formula is C28H38N2O4. The van der Waals surface area contributed by atoms with Crippen LogP contribution in [-0.4, -0.2) is 37.1 Å². The lowest BCUT2D eigenvalue weighted by molar-refractivity contribution is 0.0858. The van der Waals surface area contributed by atoms with Crippen LogP contribution in [-0.2, 0) is 0 Å². The van der Waals surface area contributed by atoms with Gasteiger partial charge in [0, 0.05) is 12.1 Å². The number of carbonyl (C=O) groups is 2. The molecule has 1 fully saturated rings. The van der Waals surface area contributed by atoms with E-state index in [-0.39, 0.29) is 23.9 Å². The molecule has 2 aromatic carbocycles. The van der Waals surface area contributed by atoms with Crippen LogP contribution in [0.4, 0.5) is 0 Å². The Labute approximate surface area is 203 Å². The molecule has 2 aromatic rings. The molecule has 1 saturated carbocycles. The van der Waals surface area contributed by atoms with E-state index in [1.54, 1.807) is 12.1 Å². The highest BCUT2D eigenvalue weighted by atomic mass is 16.5. The zero-order chi connectivity index (χ0) is 24.2. The smallest absolute Gasteiger partial charge is 0.255 e. The molecule has 0 saturated heterocycles. The van der Waals surface area contributed by atoms with Gasteiger partial charge in [0.1, 0.15) is 11.5 Å². The molecule has 6 heteroatoms. The molecule has 1 aliphatic carbocycles. The van der Waals surface area contributed by atoms with Crippen LogP contribution in [0, 0.1) is 0 Å². The number of benzene rings is 2. The number of rotatable bonds is 12. The molecule has 2 amide bonds. The summed E-state index contributed by atoms with van der Waals surface area (Å²) in [5.74, 6) is 0.870. The first-order chi connectivity index (χ1) is 16.6. The SMILES string of the molecule is CCCCOc1ccccc1C(=O)NC1CCCCC1NC(=O)c1ccccc1OCCCC. The maximum absolute atomic E-state index is 13.1. The first-order valence-electron chi connectivity index (χ1n) is 12.7. The third-order valence-electron chi connectivity index (χ3n) is 6.17. The fraction of sp³-hybridized carbons (Fsp3) is 0.500. The highest BCUT2D eigenvalue weighted by Crippen LogP contribution is 2.24. The summed E-state index contributed by atoms with van der Waals surface area (Å²) >= 11 is 0. The zero-order valence-corrected chi connectivity index (χ0v) is 20.5. The van der Waals surface area contributed by atoms with Gasteiger partial charge in [-0.2, -0.15) is 0 Å². The van der Waals surface area contributed by atoms with Crippen molar-refractivity contribution in [1.29, 1.82) is 0 Å². The van der Waals surface area contributed by atoms with E-state index >= 15 is 0 Å². The van der Waals surface area contributed by atoms with E-state index in [4.69, 9.17) is 9.47 Å². The Balaban J connectivity index is 1.67. The van der Waals surface area contributed by atoms with Crippen LogP contribution in [0.25, 0.3) is 0 Å². The van der Waals surface area contributed by atoms with Crippen LogP contribution >= 0.6 is 0 Å². The van der Waals surface area contributed by atoms with Crippen molar-refractivity contribution in [3.8, 4) is 11.5 Å². The molecule has 0 aliphatic heterocycles. The molecule has 2 unspecified atom stereocenters. The van der Waals surface area contributed by atoms with Crippen LogP contribution in [0.1, 0.15) is 85.9 Å². The molecular weight excluding hydrogens is 428 g/mol. The average molecular weight is 467 g/mol. The molecule has 184 valence electrons. The molecule has 0 radical (unpaired) electrons. The van der Waals surface area contributed by atoms with E-state index in [9.17, 15) is 9.59 Å². The minimum Gasteiger partial charge on any atom is -0.493 e. The Morgan fingerprint density at radius 2 is 1.15 bits per heavy atom. The Morgan fingerprint density at radius 1 is 0.735 bits per heavy atom. The third kappa shape index (κ3) is 7.24. The molecule has 0 spiro atoms. The van der Waals surface area contributed by atoms with Crippen molar-refractivity contribution in [3.63, 3.8) is 0 Å². The Hall–Kier alpha value is -3.02. The van der Waals surface area contributed by atoms with E-state index in [1.807, 2.05) is 36.4 Å². The van der Waals surface area contributed by atoms with Crippen molar-refractivity contribution in [2.24, 2.45) is 0 Å². The summed E-state index contributed by atoms with van der Waals surface area (Å²) in [5.41, 5.74) is 1.06. The fourth-order valence-corrected chi connectivity index (χ4v) is 4.18. The standard InChI is InChI=1S/C28H38N2O4/c1-3-5-19-33-25-17-11-7-13-21(25)27(31)29-23-15-9-10-16-24(23)30-28(32)22-14-8-12-18-26(22)34-20-6-4-2/h7-8,11-14,17-18,23-24H,3-6,9-10,15-16,19-20H2,1-2H3,(H,29,31)(H,30,32). The Kier molecular flexibility index (Phi) is 10.3. The fourth-order valence-electron chi connectivity index (χ4n) is 4.18. The normalized spacial score (nSPS) is 17.6. The quantitative estimate of drug-likeness (QED) is 0.404. The summed E-state index contributed by atoms with van der Waals surface area (Å²) in [7, 11) is 0. The van der Waals surface area contributed by atoms with E-state index in [0.717, 1.165) is 51.4 Å². The lowest BCUT2D eigenvalue weighted by Crippen LogP contribution is -2.53. The van der Waals surface area contributed by atoms with Gasteiger partial charge in [0.15, 0.2) is 0 Å². The monoisotopic (exact) mass is 466 g/mol. The molecule has 1 aliphatic rings. The van der Waals surface area contributed by atoms with Gasteiger partial charge < -0.3 is 20.1 Å². The summed E-state index contributed by atoms with van der Waals surface area (Å²) in [4.78, 5) is 26.3. The van der Waals surface area contributed by atoms with Gasteiger partial charge in [-0.05, 0) is 49.9 Å². The van der Waals surface area contributed by atoms with Gasteiger partial charge in [0.25, 0.3) is 11.8 Å². The second kappa shape index (κ2) is 13.6. The van der Waals surface area contributed by atoms with E-state index in [2.05, 4.69) is 24.5 Å². The van der Waals surface area contributed by atoms with Crippen molar-refractivity contribution in [3.05, 3.63) is 59.7 Å². The minimum absolute atomic E-state index is 0.137. The molecule has 3 rings (SSSR count). The average Bonchev–Trinajstić information content (AvgIpc) is 2.86. The Morgan fingerprint density at radius 3 is 1.56 bits per heavy atom. The van der Waals surface area contributed by atoms with Crippen LogP contribution in [0.5, 0.6) is 11.5 Å². The first-order valence-corrected chi connectivity index (χ1v) is 12.7. The molecule has 6 nitrogen and oxygen atoms in total. The summed E-state index contributed by atoms with van der Waals surface area (Å²) in [6, 6.07) is 14.4. The molecule has 0 heterocycles. The number of unbranched alkanes of at least 4 members (excludes halogenated alkanes) is 2. The van der Waals surface area contributed by atoms with E-state index < -0.39 is 0 Å². The van der Waals surface area contributed by atoms with Crippen molar-refractivity contribution in [2.75, 3.05) is 13.2 Å². The molecule has 0 bridgehead atoms. The van der Waals surface area contributed by atoms with Crippen molar-refractivity contribution in [2.45, 2.75) is 77.3 Å². The number of ether oxygens (including phenoxy) is 2. The van der Waals surface area contributed by atoms with Crippen molar-refractivity contribution in [1.82, 2.24) is 10.6 Å². The third-order valence-corrected chi connectivity index (χ3v) is 6.17. The number of amides is 2. The summed E-state index contributed by atoms with van der Waals surface area (Å²) in [6.45, 7) is 5.38. The number of hydrogen-bond acceptors (Lipinski definition) is 4. The van der Waals surface area contributed by atoms with Crippen LogP contribution in [0.2, 0.25) is 0 Å². The summed E-state index contributed by atoms with van der Waals surface area (Å²) in [6.07, 6.45) is 7.63. The molecule has 34 heavy (non-hydrogen) atoms. The number of carbonyl (C=O) groups excluding carboxylic acids is 2. The molecule has 2 atom stereocenters. The second-order valence-electron chi connectivity index (χ2n) is 8.84. The summed E-state index contributed by atoms with van der Waals surface area (Å²) < 4.78 is 11.7. The predicted octanol–water partition coefficient (Wildman–Crippen LogP) is 5.52. The number of hydrogen-bond donors (Lipinski definition) is 2. The predicted molar refractivity (Wildman–Crippen MR) is 135 cm³/mol. The Bertz CT molecular complexity index is 855. The lowest BCUT2D eigenvalue weighted by Gasteiger charge is -2.33. The van der Waals surface area contributed by atoms with Gasteiger partial charge >= 0.3 is 0 Å². The van der Waals surface area contributed by atoms with Gasteiger partial charge in [-0.25, -0.2) is 0 Å². The van der Waals surface area contributed by atoms with Crippen LogP contribution in [0.15, 0.2) is 48.5 Å². The lowest BCUT2D eigenvalue weighted by atomic mass is 9.89. The van der Waals surface area contributed by atoms with Gasteiger partial charge in [-0.1, -0.05) is 63.8 Å². The highest BCUT2D eigenvalue weighted by Gasteiger charge is 2.29. The van der Waals surface area contributed by atoms with Crippen molar-refractivity contribution >= 4 is 11.8 Å². The van der Waals surface area contributed by atoms with Crippen molar-refractivity contribution < 1.29 is 19.1 Å². The maximum Gasteiger partial charge on any atom is 0.255 e. The van der Waals surface area contributed by atoms with E-state index in [1.165, 1.54) is 0 Å². The number of nitrogens with one attached hydrogen (secondary N) is 2. The van der Waals surface area contributed by atoms with Gasteiger partial charge in [0.2, 0.25) is 0 Å². The van der Waals surface area contributed by atoms with Gasteiger partial charge in [0.05, 0.1) is 24.3 Å². The zero-order valence-electron chi connectivity index (χ0n) is 20.5. The molecule has 2 N–H and O–H groups in total. The van der Waals surface area contributed by atoms with Crippen LogP contribution < -0.4 is 20.1 Å².